The summed E-state index contributed by atoms with van der Waals surface area (Å²) in [6.07, 6.45) is 5.14. The third-order valence-electron chi connectivity index (χ3n) is 3.66. The van der Waals surface area contributed by atoms with Crippen molar-refractivity contribution >= 4 is 0 Å². The number of hydrogen-bond acceptors (Lipinski definition) is 4. The Morgan fingerprint density at radius 2 is 1.53 bits per heavy atom. The van der Waals surface area contributed by atoms with Gasteiger partial charge in [-0.1, -0.05) is 0 Å². The average Bonchev–Trinajstić information content (AvgIpc) is 2.49. The van der Waals surface area contributed by atoms with E-state index >= 15 is 0 Å². The number of hydrogen-bond donors (Lipinski definition) is 2. The van der Waals surface area contributed by atoms with Crippen LogP contribution in [0, 0.1) is 28.1 Å². The molecule has 0 aromatic rings. The van der Waals surface area contributed by atoms with Crippen LogP contribution in [-0.2, 0) is 0 Å². The van der Waals surface area contributed by atoms with Gasteiger partial charge in [-0.05, 0) is 32.1 Å². The fourth-order valence-electron chi connectivity index (χ4n) is 2.65. The molecule has 82 valence electrons. The van der Waals surface area contributed by atoms with Crippen molar-refractivity contribution in [3.63, 3.8) is 0 Å². The fraction of sp³-hybridized carbons (Fsp3) is 0.818. The van der Waals surface area contributed by atoms with E-state index in [1.54, 1.807) is 0 Å². The van der Waals surface area contributed by atoms with Crippen molar-refractivity contribution in [1.82, 2.24) is 0 Å². The van der Waals surface area contributed by atoms with Gasteiger partial charge >= 0.3 is 0 Å². The molecule has 4 N–H and O–H groups in total. The Morgan fingerprint density at radius 1 is 1.00 bits per heavy atom. The zero-order valence-electron chi connectivity index (χ0n) is 9.00. The van der Waals surface area contributed by atoms with Crippen molar-refractivity contribution in [2.24, 2.45) is 16.9 Å². The van der Waals surface area contributed by atoms with E-state index in [-0.39, 0.29) is 5.41 Å². The maximum absolute atomic E-state index is 8.64. The Balaban J connectivity index is 2.77. The molecular weight excluding hydrogens is 188 g/mol. The predicted molar refractivity (Wildman–Crippen MR) is 57.1 cm³/mol. The first-order valence-electron chi connectivity index (χ1n) is 5.40. The van der Waals surface area contributed by atoms with Gasteiger partial charge in [0.05, 0.1) is 17.8 Å². The first-order chi connectivity index (χ1) is 7.08. The second-order valence-corrected chi connectivity index (χ2v) is 4.49. The van der Waals surface area contributed by atoms with E-state index in [1.165, 1.54) is 0 Å². The van der Waals surface area contributed by atoms with Gasteiger partial charge in [-0.15, -0.1) is 0 Å². The van der Waals surface area contributed by atoms with Gasteiger partial charge in [0.2, 0.25) is 0 Å². The maximum Gasteiger partial charge on any atom is 0.0695 e. The van der Waals surface area contributed by atoms with Crippen molar-refractivity contribution in [1.29, 1.82) is 10.5 Å². The van der Waals surface area contributed by atoms with Gasteiger partial charge in [0.1, 0.15) is 0 Å². The third kappa shape index (κ3) is 2.28. The molecule has 0 aliphatic heterocycles. The van der Waals surface area contributed by atoms with Crippen molar-refractivity contribution in [2.45, 2.75) is 50.6 Å². The van der Waals surface area contributed by atoms with Crippen LogP contribution in [0.5, 0.6) is 0 Å². The lowest BCUT2D eigenvalue weighted by atomic mass is 9.71. The van der Waals surface area contributed by atoms with Gasteiger partial charge in [-0.2, -0.15) is 10.5 Å². The molecule has 0 radical (unpaired) electrons. The van der Waals surface area contributed by atoms with Crippen LogP contribution in [0.25, 0.3) is 0 Å². The molecule has 0 amide bonds. The lowest BCUT2D eigenvalue weighted by Crippen LogP contribution is -2.59. The summed E-state index contributed by atoms with van der Waals surface area (Å²) in [4.78, 5) is 0. The summed E-state index contributed by atoms with van der Waals surface area (Å²) in [5.41, 5.74) is 11.3. The molecule has 0 aromatic carbocycles. The second-order valence-electron chi connectivity index (χ2n) is 4.49. The van der Waals surface area contributed by atoms with Crippen LogP contribution in [0.1, 0.15) is 44.9 Å². The molecule has 0 saturated heterocycles. The molecule has 15 heavy (non-hydrogen) atoms. The van der Waals surface area contributed by atoms with E-state index in [1.807, 2.05) is 0 Å². The highest BCUT2D eigenvalue weighted by Gasteiger charge is 2.48. The largest absolute Gasteiger partial charge is 0.313 e. The highest BCUT2D eigenvalue weighted by molar-refractivity contribution is 5.05. The molecule has 0 atom stereocenters. The Morgan fingerprint density at radius 3 is 1.87 bits per heavy atom. The highest BCUT2D eigenvalue weighted by Crippen LogP contribution is 2.48. The van der Waals surface area contributed by atoms with E-state index in [4.69, 9.17) is 22.0 Å². The van der Waals surface area contributed by atoms with Crippen molar-refractivity contribution in [3.8, 4) is 12.1 Å². The molecule has 1 saturated carbocycles. The van der Waals surface area contributed by atoms with Gasteiger partial charge in [-0.25, -0.2) is 0 Å². The van der Waals surface area contributed by atoms with Crippen LogP contribution in [0.15, 0.2) is 0 Å². The second kappa shape index (κ2) is 4.61. The zero-order valence-corrected chi connectivity index (χ0v) is 9.00. The van der Waals surface area contributed by atoms with Crippen LogP contribution in [0.4, 0.5) is 0 Å². The minimum atomic E-state index is -0.694. The van der Waals surface area contributed by atoms with Crippen molar-refractivity contribution < 1.29 is 0 Å². The number of nitrogens with zero attached hydrogens (tertiary/aromatic N) is 2. The molecule has 4 nitrogen and oxygen atoms in total. The van der Waals surface area contributed by atoms with Gasteiger partial charge in [0.15, 0.2) is 0 Å². The van der Waals surface area contributed by atoms with Gasteiger partial charge in [-0.3, -0.25) is 0 Å². The molecule has 0 unspecified atom stereocenters. The topological polar surface area (TPSA) is 99.6 Å². The SMILES string of the molecule is N#CCCC1(CCC#N)CCCC1(N)N. The molecule has 4 heteroatoms. The van der Waals surface area contributed by atoms with Crippen LogP contribution in [0.3, 0.4) is 0 Å². The summed E-state index contributed by atoms with van der Waals surface area (Å²) in [6, 6.07) is 4.28. The summed E-state index contributed by atoms with van der Waals surface area (Å²) < 4.78 is 0. The van der Waals surface area contributed by atoms with Gasteiger partial charge in [0, 0.05) is 18.3 Å². The van der Waals surface area contributed by atoms with E-state index in [9.17, 15) is 0 Å². The molecule has 1 aliphatic carbocycles. The van der Waals surface area contributed by atoms with Gasteiger partial charge in [0.25, 0.3) is 0 Å². The third-order valence-corrected chi connectivity index (χ3v) is 3.66. The van der Waals surface area contributed by atoms with Crippen LogP contribution >= 0.6 is 0 Å². The summed E-state index contributed by atoms with van der Waals surface area (Å²) in [5, 5.41) is 17.3. The molecule has 1 rings (SSSR count). The minimum absolute atomic E-state index is 0.196. The van der Waals surface area contributed by atoms with E-state index in [2.05, 4.69) is 12.1 Å². The zero-order chi connectivity index (χ0) is 11.4. The molecule has 0 heterocycles. The lowest BCUT2D eigenvalue weighted by molar-refractivity contribution is 0.137. The lowest BCUT2D eigenvalue weighted by Gasteiger charge is -2.40. The Bertz CT molecular complexity index is 277. The Labute approximate surface area is 90.8 Å². The fourth-order valence-corrected chi connectivity index (χ4v) is 2.65. The minimum Gasteiger partial charge on any atom is -0.313 e. The van der Waals surface area contributed by atoms with Crippen molar-refractivity contribution in [2.75, 3.05) is 0 Å². The highest BCUT2D eigenvalue weighted by atomic mass is 15.0. The normalized spacial score (nSPS) is 21.9. The van der Waals surface area contributed by atoms with Gasteiger partial charge < -0.3 is 11.5 Å². The van der Waals surface area contributed by atoms with E-state index < -0.39 is 5.66 Å². The number of nitriles is 2. The monoisotopic (exact) mass is 206 g/mol. The number of rotatable bonds is 4. The van der Waals surface area contributed by atoms with Crippen LogP contribution in [0.2, 0.25) is 0 Å². The smallest absolute Gasteiger partial charge is 0.0695 e. The first kappa shape index (κ1) is 12.0. The Hall–Kier alpha value is -1.10. The first-order valence-corrected chi connectivity index (χ1v) is 5.40. The molecule has 1 aliphatic rings. The van der Waals surface area contributed by atoms with E-state index in [0.717, 1.165) is 32.1 Å². The molecular formula is C11H18N4. The summed E-state index contributed by atoms with van der Waals surface area (Å²) in [5.74, 6) is 0. The molecule has 0 aromatic heterocycles. The standard InChI is InChI=1S/C11H18N4/c12-8-2-5-10(6-3-9-13)4-1-7-11(10,14)15/h1-7,14-15H2. The summed E-state index contributed by atoms with van der Waals surface area (Å²) in [6.45, 7) is 0. The molecule has 0 spiro atoms. The predicted octanol–water partition coefficient (Wildman–Crippen LogP) is 1.38. The van der Waals surface area contributed by atoms with E-state index in [0.29, 0.717) is 12.8 Å². The summed E-state index contributed by atoms with van der Waals surface area (Å²) >= 11 is 0. The van der Waals surface area contributed by atoms with Crippen LogP contribution < -0.4 is 11.5 Å². The Kier molecular flexibility index (Phi) is 3.68. The van der Waals surface area contributed by atoms with Crippen molar-refractivity contribution in [3.05, 3.63) is 0 Å². The van der Waals surface area contributed by atoms with Crippen LogP contribution in [-0.4, -0.2) is 5.66 Å². The quantitative estimate of drug-likeness (QED) is 0.678. The maximum atomic E-state index is 8.64. The molecule has 1 fully saturated rings. The number of nitrogens with two attached hydrogens (primary N) is 2. The average molecular weight is 206 g/mol. The summed E-state index contributed by atoms with van der Waals surface area (Å²) in [7, 11) is 0. The molecule has 0 bridgehead atoms.